The summed E-state index contributed by atoms with van der Waals surface area (Å²) in [5.74, 6) is 0.713. The third-order valence-corrected chi connectivity index (χ3v) is 3.65. The van der Waals surface area contributed by atoms with Crippen LogP contribution in [0.5, 0.6) is 0 Å². The van der Waals surface area contributed by atoms with Gasteiger partial charge in [0.15, 0.2) is 0 Å². The third kappa shape index (κ3) is 3.47. The Morgan fingerprint density at radius 1 is 1.29 bits per heavy atom. The van der Waals surface area contributed by atoms with Gasteiger partial charge in [0.1, 0.15) is 0 Å². The second kappa shape index (κ2) is 6.06. The number of hydrogen-bond donors (Lipinski definition) is 1. The van der Waals surface area contributed by atoms with Gasteiger partial charge in [-0.2, -0.15) is 0 Å². The minimum Gasteiger partial charge on any atom is -0.371 e. The Morgan fingerprint density at radius 2 is 2.06 bits per heavy atom. The van der Waals surface area contributed by atoms with Crippen molar-refractivity contribution in [3.8, 4) is 0 Å². The summed E-state index contributed by atoms with van der Waals surface area (Å²) in [6.45, 7) is 8.08. The number of benzene rings is 1. The van der Waals surface area contributed by atoms with Crippen molar-refractivity contribution >= 4 is 5.69 Å². The molecule has 1 aliphatic rings. The summed E-state index contributed by atoms with van der Waals surface area (Å²) >= 11 is 0. The maximum atomic E-state index is 3.67. The lowest BCUT2D eigenvalue weighted by atomic mass is 10.0. The molecule has 1 fully saturated rings. The predicted molar refractivity (Wildman–Crippen MR) is 74.5 cm³/mol. The summed E-state index contributed by atoms with van der Waals surface area (Å²) in [7, 11) is 0. The SMILES string of the molecule is CCC1CCN(c2ccccc2)CC(C)CN1. The van der Waals surface area contributed by atoms with E-state index in [1.807, 2.05) is 0 Å². The quantitative estimate of drug-likeness (QED) is 0.843. The van der Waals surface area contributed by atoms with Crippen molar-refractivity contribution in [1.82, 2.24) is 5.32 Å². The molecule has 0 saturated carbocycles. The highest BCUT2D eigenvalue weighted by atomic mass is 15.1. The van der Waals surface area contributed by atoms with Gasteiger partial charge in [-0.05, 0) is 37.4 Å². The van der Waals surface area contributed by atoms with Gasteiger partial charge in [0.25, 0.3) is 0 Å². The van der Waals surface area contributed by atoms with Gasteiger partial charge in [0, 0.05) is 24.8 Å². The highest BCUT2D eigenvalue weighted by Crippen LogP contribution is 2.18. The fraction of sp³-hybridized carbons (Fsp3) is 0.600. The van der Waals surface area contributed by atoms with Crippen LogP contribution in [0.25, 0.3) is 0 Å². The average molecular weight is 232 g/mol. The number of nitrogens with zero attached hydrogens (tertiary/aromatic N) is 1. The molecule has 2 nitrogen and oxygen atoms in total. The summed E-state index contributed by atoms with van der Waals surface area (Å²) in [4.78, 5) is 2.54. The molecule has 1 aromatic carbocycles. The van der Waals surface area contributed by atoms with Crippen molar-refractivity contribution < 1.29 is 0 Å². The number of para-hydroxylation sites is 1. The van der Waals surface area contributed by atoms with Crippen LogP contribution in [-0.4, -0.2) is 25.7 Å². The average Bonchev–Trinajstić information content (AvgIpc) is 2.35. The van der Waals surface area contributed by atoms with E-state index in [1.165, 1.54) is 25.1 Å². The highest BCUT2D eigenvalue weighted by molar-refractivity contribution is 5.46. The molecule has 94 valence electrons. The molecule has 0 spiro atoms. The van der Waals surface area contributed by atoms with Crippen LogP contribution in [0.4, 0.5) is 5.69 Å². The molecular weight excluding hydrogens is 208 g/mol. The number of hydrogen-bond acceptors (Lipinski definition) is 2. The molecule has 1 aromatic rings. The Kier molecular flexibility index (Phi) is 4.43. The first kappa shape index (κ1) is 12.4. The fourth-order valence-electron chi connectivity index (χ4n) is 2.54. The molecule has 1 saturated heterocycles. The Bertz CT molecular complexity index is 323. The first-order chi connectivity index (χ1) is 8.29. The van der Waals surface area contributed by atoms with Crippen LogP contribution in [0.1, 0.15) is 26.7 Å². The lowest BCUT2D eigenvalue weighted by Crippen LogP contribution is -2.43. The molecule has 0 bridgehead atoms. The van der Waals surface area contributed by atoms with Crippen LogP contribution in [0.2, 0.25) is 0 Å². The molecule has 2 rings (SSSR count). The van der Waals surface area contributed by atoms with E-state index in [4.69, 9.17) is 0 Å². The number of anilines is 1. The first-order valence-electron chi connectivity index (χ1n) is 6.83. The van der Waals surface area contributed by atoms with Crippen LogP contribution in [0.3, 0.4) is 0 Å². The maximum Gasteiger partial charge on any atom is 0.0366 e. The molecule has 0 radical (unpaired) electrons. The molecule has 1 aliphatic heterocycles. The molecule has 2 unspecified atom stereocenters. The Hall–Kier alpha value is -1.02. The maximum absolute atomic E-state index is 3.67. The second-order valence-electron chi connectivity index (χ2n) is 5.19. The van der Waals surface area contributed by atoms with E-state index < -0.39 is 0 Å². The Morgan fingerprint density at radius 3 is 2.76 bits per heavy atom. The molecule has 1 heterocycles. The minimum absolute atomic E-state index is 0.684. The van der Waals surface area contributed by atoms with E-state index in [2.05, 4.69) is 54.4 Å². The molecule has 2 atom stereocenters. The molecule has 0 aromatic heterocycles. The highest BCUT2D eigenvalue weighted by Gasteiger charge is 2.17. The molecule has 1 N–H and O–H groups in total. The van der Waals surface area contributed by atoms with Gasteiger partial charge in [-0.15, -0.1) is 0 Å². The van der Waals surface area contributed by atoms with Gasteiger partial charge in [-0.3, -0.25) is 0 Å². The van der Waals surface area contributed by atoms with Crippen molar-refractivity contribution in [2.75, 3.05) is 24.5 Å². The van der Waals surface area contributed by atoms with Gasteiger partial charge in [-0.1, -0.05) is 32.0 Å². The predicted octanol–water partition coefficient (Wildman–Crippen LogP) is 2.90. The second-order valence-corrected chi connectivity index (χ2v) is 5.19. The Balaban J connectivity index is 2.05. The number of rotatable bonds is 2. The molecular formula is C15H24N2. The number of nitrogens with one attached hydrogen (secondary N) is 1. The summed E-state index contributed by atoms with van der Waals surface area (Å²) in [5, 5.41) is 3.67. The van der Waals surface area contributed by atoms with E-state index in [-0.39, 0.29) is 0 Å². The third-order valence-electron chi connectivity index (χ3n) is 3.65. The van der Waals surface area contributed by atoms with Crippen LogP contribution < -0.4 is 10.2 Å². The van der Waals surface area contributed by atoms with Crippen LogP contribution in [0.15, 0.2) is 30.3 Å². The van der Waals surface area contributed by atoms with E-state index >= 15 is 0 Å². The van der Waals surface area contributed by atoms with Crippen molar-refractivity contribution in [1.29, 1.82) is 0 Å². The largest absolute Gasteiger partial charge is 0.371 e. The van der Waals surface area contributed by atoms with E-state index in [9.17, 15) is 0 Å². The topological polar surface area (TPSA) is 15.3 Å². The smallest absolute Gasteiger partial charge is 0.0366 e. The molecule has 0 amide bonds. The van der Waals surface area contributed by atoms with E-state index in [0.29, 0.717) is 12.0 Å². The zero-order valence-electron chi connectivity index (χ0n) is 11.0. The van der Waals surface area contributed by atoms with Gasteiger partial charge in [-0.25, -0.2) is 0 Å². The normalized spacial score (nSPS) is 26.4. The lowest BCUT2D eigenvalue weighted by molar-refractivity contribution is 0.388. The van der Waals surface area contributed by atoms with Crippen molar-refractivity contribution in [2.24, 2.45) is 5.92 Å². The standard InChI is InChI=1S/C15H24N2/c1-3-14-9-10-17(12-13(2)11-16-14)15-7-5-4-6-8-15/h4-8,13-14,16H,3,9-12H2,1-2H3. The van der Waals surface area contributed by atoms with E-state index in [1.54, 1.807) is 0 Å². The molecule has 17 heavy (non-hydrogen) atoms. The fourth-order valence-corrected chi connectivity index (χ4v) is 2.54. The van der Waals surface area contributed by atoms with Gasteiger partial charge in [0.2, 0.25) is 0 Å². The van der Waals surface area contributed by atoms with E-state index in [0.717, 1.165) is 13.1 Å². The molecule has 0 aliphatic carbocycles. The zero-order valence-corrected chi connectivity index (χ0v) is 11.0. The van der Waals surface area contributed by atoms with Gasteiger partial charge in [0.05, 0.1) is 0 Å². The lowest BCUT2D eigenvalue weighted by Gasteiger charge is -2.33. The van der Waals surface area contributed by atoms with Crippen molar-refractivity contribution in [3.05, 3.63) is 30.3 Å². The minimum atomic E-state index is 0.684. The summed E-state index contributed by atoms with van der Waals surface area (Å²) in [5.41, 5.74) is 1.37. The Labute approximate surface area is 105 Å². The van der Waals surface area contributed by atoms with Gasteiger partial charge >= 0.3 is 0 Å². The molecule has 2 heteroatoms. The summed E-state index contributed by atoms with van der Waals surface area (Å²) in [6.07, 6.45) is 2.48. The van der Waals surface area contributed by atoms with Crippen molar-refractivity contribution in [3.63, 3.8) is 0 Å². The van der Waals surface area contributed by atoms with Crippen LogP contribution >= 0.6 is 0 Å². The zero-order chi connectivity index (χ0) is 12.1. The van der Waals surface area contributed by atoms with Gasteiger partial charge < -0.3 is 10.2 Å². The van der Waals surface area contributed by atoms with Crippen LogP contribution in [0, 0.1) is 5.92 Å². The summed E-state index contributed by atoms with van der Waals surface area (Å²) < 4.78 is 0. The monoisotopic (exact) mass is 232 g/mol. The summed E-state index contributed by atoms with van der Waals surface area (Å²) in [6, 6.07) is 11.5. The van der Waals surface area contributed by atoms with Crippen molar-refractivity contribution in [2.45, 2.75) is 32.7 Å². The van der Waals surface area contributed by atoms with Crippen LogP contribution in [-0.2, 0) is 0 Å². The first-order valence-corrected chi connectivity index (χ1v) is 6.83.